The Morgan fingerprint density at radius 1 is 0.875 bits per heavy atom. The third kappa shape index (κ3) is 2.12. The van der Waals surface area contributed by atoms with Crippen LogP contribution in [0, 0.1) is 12.8 Å². The predicted octanol–water partition coefficient (Wildman–Crippen LogP) is 4.64. The standard InChI is InChI=1S/C15H14Cl/c1-11-7-3-4-8-13(11)12(2)14-9-5-6-10-15(14)16/h3-10H,1-2H3. The molecule has 0 aliphatic rings. The molecule has 1 radical (unpaired) electrons. The van der Waals surface area contributed by atoms with E-state index in [1.807, 2.05) is 18.2 Å². The predicted molar refractivity (Wildman–Crippen MR) is 69.8 cm³/mol. The molecule has 0 aliphatic carbocycles. The molecule has 0 N–H and O–H groups in total. The number of aryl methyl sites for hydroxylation is 1. The van der Waals surface area contributed by atoms with Crippen LogP contribution in [0.5, 0.6) is 0 Å². The fraction of sp³-hybridized carbons (Fsp3) is 0.133. The molecule has 0 aromatic heterocycles. The van der Waals surface area contributed by atoms with Gasteiger partial charge in [0.05, 0.1) is 0 Å². The van der Waals surface area contributed by atoms with Crippen molar-refractivity contribution in [1.82, 2.24) is 0 Å². The van der Waals surface area contributed by atoms with Gasteiger partial charge in [0.25, 0.3) is 0 Å². The van der Waals surface area contributed by atoms with Gasteiger partial charge in [-0.25, -0.2) is 0 Å². The van der Waals surface area contributed by atoms with Crippen molar-refractivity contribution in [1.29, 1.82) is 0 Å². The maximum Gasteiger partial charge on any atom is 0.0447 e. The third-order valence-electron chi connectivity index (χ3n) is 2.83. The zero-order chi connectivity index (χ0) is 11.5. The van der Waals surface area contributed by atoms with E-state index in [1.54, 1.807) is 0 Å². The van der Waals surface area contributed by atoms with Crippen LogP contribution < -0.4 is 0 Å². The zero-order valence-electron chi connectivity index (χ0n) is 9.50. The Kier molecular flexibility index (Phi) is 3.31. The highest BCUT2D eigenvalue weighted by Crippen LogP contribution is 2.30. The zero-order valence-corrected chi connectivity index (χ0v) is 10.3. The lowest BCUT2D eigenvalue weighted by molar-refractivity contribution is 1.16. The van der Waals surface area contributed by atoms with Crippen molar-refractivity contribution in [3.8, 4) is 0 Å². The summed E-state index contributed by atoms with van der Waals surface area (Å²) in [4.78, 5) is 0. The monoisotopic (exact) mass is 229 g/mol. The van der Waals surface area contributed by atoms with E-state index in [-0.39, 0.29) is 0 Å². The van der Waals surface area contributed by atoms with E-state index in [1.165, 1.54) is 17.0 Å². The molecule has 0 spiro atoms. The molecule has 0 nitrogen and oxygen atoms in total. The summed E-state index contributed by atoms with van der Waals surface area (Å²) in [5.74, 6) is 1.23. The van der Waals surface area contributed by atoms with Gasteiger partial charge in [-0.1, -0.05) is 61.0 Å². The second kappa shape index (κ2) is 4.71. The van der Waals surface area contributed by atoms with Crippen LogP contribution in [0.25, 0.3) is 0 Å². The van der Waals surface area contributed by atoms with Crippen LogP contribution in [0.15, 0.2) is 48.5 Å². The topological polar surface area (TPSA) is 0 Å². The molecule has 2 rings (SSSR count). The van der Waals surface area contributed by atoms with Crippen molar-refractivity contribution in [3.05, 3.63) is 76.2 Å². The van der Waals surface area contributed by atoms with Crippen molar-refractivity contribution in [2.24, 2.45) is 0 Å². The van der Waals surface area contributed by atoms with Gasteiger partial charge in [0.2, 0.25) is 0 Å². The van der Waals surface area contributed by atoms with E-state index in [0.29, 0.717) is 0 Å². The normalized spacial score (nSPS) is 10.8. The summed E-state index contributed by atoms with van der Waals surface area (Å²) < 4.78 is 0. The first-order valence-electron chi connectivity index (χ1n) is 5.34. The number of hydrogen-bond donors (Lipinski definition) is 0. The highest BCUT2D eigenvalue weighted by Gasteiger charge is 2.13. The van der Waals surface area contributed by atoms with E-state index in [9.17, 15) is 0 Å². The molecule has 1 heteroatoms. The summed E-state index contributed by atoms with van der Waals surface area (Å²) in [5.41, 5.74) is 3.65. The number of benzene rings is 2. The van der Waals surface area contributed by atoms with E-state index < -0.39 is 0 Å². The fourth-order valence-electron chi connectivity index (χ4n) is 1.90. The number of rotatable bonds is 2. The molecule has 0 unspecified atom stereocenters. The van der Waals surface area contributed by atoms with Crippen LogP contribution in [0.4, 0.5) is 0 Å². The number of hydrogen-bond acceptors (Lipinski definition) is 0. The van der Waals surface area contributed by atoms with Crippen molar-refractivity contribution < 1.29 is 0 Å². The molecule has 81 valence electrons. The van der Waals surface area contributed by atoms with Crippen molar-refractivity contribution in [2.75, 3.05) is 0 Å². The highest BCUT2D eigenvalue weighted by molar-refractivity contribution is 6.31. The van der Waals surface area contributed by atoms with Gasteiger partial charge in [0, 0.05) is 10.9 Å². The van der Waals surface area contributed by atoms with E-state index in [4.69, 9.17) is 11.6 Å². The van der Waals surface area contributed by atoms with E-state index in [0.717, 1.165) is 10.6 Å². The van der Waals surface area contributed by atoms with Gasteiger partial charge in [-0.05, 0) is 29.7 Å². The molecule has 0 atom stereocenters. The van der Waals surface area contributed by atoms with Crippen molar-refractivity contribution in [3.63, 3.8) is 0 Å². The molecule has 0 heterocycles. The van der Waals surface area contributed by atoms with Crippen LogP contribution in [0.2, 0.25) is 5.02 Å². The Morgan fingerprint density at radius 2 is 1.44 bits per heavy atom. The maximum absolute atomic E-state index is 6.20. The molecule has 0 saturated heterocycles. The van der Waals surface area contributed by atoms with Gasteiger partial charge in [0.1, 0.15) is 0 Å². The first-order valence-corrected chi connectivity index (χ1v) is 5.72. The molecule has 2 aromatic carbocycles. The van der Waals surface area contributed by atoms with Crippen molar-refractivity contribution >= 4 is 11.6 Å². The lowest BCUT2D eigenvalue weighted by Gasteiger charge is -2.15. The lowest BCUT2D eigenvalue weighted by atomic mass is 9.90. The smallest absolute Gasteiger partial charge is 0.0447 e. The summed E-state index contributed by atoms with van der Waals surface area (Å²) in [6.07, 6.45) is 0. The van der Waals surface area contributed by atoms with E-state index in [2.05, 4.69) is 44.2 Å². The SMILES string of the molecule is C[C](c1ccccc1C)c1ccccc1Cl. The van der Waals surface area contributed by atoms with Gasteiger partial charge in [0.15, 0.2) is 0 Å². The quantitative estimate of drug-likeness (QED) is 0.704. The Bertz CT molecular complexity index is 443. The van der Waals surface area contributed by atoms with E-state index >= 15 is 0 Å². The molecule has 0 aliphatic heterocycles. The largest absolute Gasteiger partial charge is 0.0840 e. The minimum absolute atomic E-state index is 0.809. The molecule has 0 saturated carbocycles. The summed E-state index contributed by atoms with van der Waals surface area (Å²) in [6, 6.07) is 16.3. The van der Waals surface area contributed by atoms with Gasteiger partial charge >= 0.3 is 0 Å². The molecule has 0 bridgehead atoms. The van der Waals surface area contributed by atoms with Gasteiger partial charge in [-0.2, -0.15) is 0 Å². The summed E-state index contributed by atoms with van der Waals surface area (Å²) in [6.45, 7) is 4.24. The summed E-state index contributed by atoms with van der Waals surface area (Å²) >= 11 is 6.20. The third-order valence-corrected chi connectivity index (χ3v) is 3.16. The molecular weight excluding hydrogens is 216 g/mol. The minimum Gasteiger partial charge on any atom is -0.0840 e. The Hall–Kier alpha value is -1.27. The molecule has 0 fully saturated rings. The molecule has 16 heavy (non-hydrogen) atoms. The van der Waals surface area contributed by atoms with Crippen LogP contribution >= 0.6 is 11.6 Å². The number of halogens is 1. The molecule has 0 amide bonds. The fourth-order valence-corrected chi connectivity index (χ4v) is 2.18. The van der Waals surface area contributed by atoms with Crippen LogP contribution in [-0.4, -0.2) is 0 Å². The average molecular weight is 230 g/mol. The second-order valence-corrected chi connectivity index (χ2v) is 4.33. The Labute approximate surface area is 102 Å². The van der Waals surface area contributed by atoms with Crippen molar-refractivity contribution in [2.45, 2.75) is 13.8 Å². The summed E-state index contributed by atoms with van der Waals surface area (Å²) in [7, 11) is 0. The molecular formula is C15H14Cl. The Morgan fingerprint density at radius 3 is 2.06 bits per heavy atom. The first-order chi connectivity index (χ1) is 7.70. The van der Waals surface area contributed by atoms with Gasteiger partial charge in [-0.3, -0.25) is 0 Å². The first kappa shape index (κ1) is 11.2. The van der Waals surface area contributed by atoms with Crippen LogP contribution in [0.1, 0.15) is 23.6 Å². The van der Waals surface area contributed by atoms with Crippen LogP contribution in [-0.2, 0) is 0 Å². The Balaban J connectivity index is 2.44. The average Bonchev–Trinajstić information content (AvgIpc) is 2.29. The van der Waals surface area contributed by atoms with Gasteiger partial charge in [-0.15, -0.1) is 0 Å². The second-order valence-electron chi connectivity index (χ2n) is 3.92. The molecule has 2 aromatic rings. The highest BCUT2D eigenvalue weighted by atomic mass is 35.5. The maximum atomic E-state index is 6.20. The van der Waals surface area contributed by atoms with Gasteiger partial charge < -0.3 is 0 Å². The minimum atomic E-state index is 0.809. The summed E-state index contributed by atoms with van der Waals surface area (Å²) in [5, 5.41) is 0.809. The van der Waals surface area contributed by atoms with Crippen LogP contribution in [0.3, 0.4) is 0 Å². The lowest BCUT2D eigenvalue weighted by Crippen LogP contribution is -2.00.